The van der Waals surface area contributed by atoms with Crippen molar-refractivity contribution in [1.82, 2.24) is 25.0 Å². The van der Waals surface area contributed by atoms with Crippen molar-refractivity contribution in [3.05, 3.63) is 41.1 Å². The number of aromatic nitrogens is 5. The molecule has 1 aliphatic carbocycles. The Morgan fingerprint density at radius 2 is 1.91 bits per heavy atom. The van der Waals surface area contributed by atoms with E-state index in [9.17, 15) is 0 Å². The molecule has 172 valence electrons. The topological polar surface area (TPSA) is 72.2 Å². The summed E-state index contributed by atoms with van der Waals surface area (Å²) in [6.07, 6.45) is 9.31. The smallest absolute Gasteiger partial charge is 0.227 e. The number of morpholine rings is 1. The number of hydrogen-bond acceptors (Lipinski definition) is 7. The second-order valence-corrected chi connectivity index (χ2v) is 10.5. The van der Waals surface area contributed by atoms with Crippen molar-refractivity contribution in [2.45, 2.75) is 38.7 Å². The van der Waals surface area contributed by atoms with Gasteiger partial charge in [-0.15, -0.1) is 5.10 Å². The molecule has 2 aliphatic heterocycles. The molecular weight excluding hydrogens is 482 g/mol. The Hall–Kier alpha value is -2.52. The average Bonchev–Trinajstić information content (AvgIpc) is 3.40. The van der Waals surface area contributed by atoms with Gasteiger partial charge in [-0.3, -0.25) is 0 Å². The maximum absolute atomic E-state index is 5.65. The number of ether oxygens (including phenoxy) is 1. The fraction of sp³-hybridized carbons (Fsp3) is 0.500. The molecule has 2 aromatic heterocycles. The molecule has 3 aromatic rings. The molecule has 9 heteroatoms. The third-order valence-corrected chi connectivity index (χ3v) is 7.73. The van der Waals surface area contributed by atoms with Crippen LogP contribution in [0.3, 0.4) is 0 Å². The summed E-state index contributed by atoms with van der Waals surface area (Å²) in [4.78, 5) is 13.9. The van der Waals surface area contributed by atoms with Crippen molar-refractivity contribution in [3.63, 3.8) is 0 Å². The highest BCUT2D eigenvalue weighted by Crippen LogP contribution is 2.54. The number of anilines is 2. The van der Waals surface area contributed by atoms with Crippen molar-refractivity contribution in [2.24, 2.45) is 5.41 Å². The van der Waals surface area contributed by atoms with Crippen LogP contribution in [0.25, 0.3) is 17.1 Å². The molecule has 4 heterocycles. The van der Waals surface area contributed by atoms with Gasteiger partial charge in [-0.2, -0.15) is 4.98 Å². The molecule has 0 radical (unpaired) electrons. The van der Waals surface area contributed by atoms with Crippen LogP contribution in [0.1, 0.15) is 32.6 Å². The van der Waals surface area contributed by atoms with E-state index in [0.717, 1.165) is 41.9 Å². The molecule has 1 spiro atoms. The van der Waals surface area contributed by atoms with E-state index in [4.69, 9.17) is 9.72 Å². The zero-order valence-electron chi connectivity index (χ0n) is 18.8. The summed E-state index contributed by atoms with van der Waals surface area (Å²) in [5.41, 5.74) is 3.82. The van der Waals surface area contributed by atoms with Gasteiger partial charge in [0.2, 0.25) is 5.95 Å². The molecule has 6 rings (SSSR count). The van der Waals surface area contributed by atoms with Gasteiger partial charge in [0.15, 0.2) is 5.82 Å². The molecule has 0 N–H and O–H groups in total. The van der Waals surface area contributed by atoms with Gasteiger partial charge in [0.1, 0.15) is 5.69 Å². The summed E-state index contributed by atoms with van der Waals surface area (Å²) in [6.45, 7) is 6.53. The van der Waals surface area contributed by atoms with Crippen molar-refractivity contribution < 1.29 is 4.74 Å². The van der Waals surface area contributed by atoms with Gasteiger partial charge in [-0.05, 0) is 56.2 Å². The number of hydrogen-bond donors (Lipinski definition) is 0. The van der Waals surface area contributed by atoms with Gasteiger partial charge in [0.05, 0.1) is 18.9 Å². The Morgan fingerprint density at radius 3 is 2.70 bits per heavy atom. The first-order valence-corrected chi connectivity index (χ1v) is 12.6. The van der Waals surface area contributed by atoms with Gasteiger partial charge in [0.25, 0.3) is 0 Å². The standard InChI is InChI=1S/C24H28BrN7O/c1-17-15-31(12-13-33-17)23-26-9-4-22(27-23)32-16-20(28-29-32)19-3-2-18(25)14-21(19)30-10-7-24(5-6-24)8-11-30/h2-4,9,14,16-17H,5-8,10-13,15H2,1H3/t17-/m1/s1. The molecule has 1 aromatic carbocycles. The minimum absolute atomic E-state index is 0.171. The van der Waals surface area contributed by atoms with Crippen molar-refractivity contribution in [2.75, 3.05) is 42.6 Å². The Bertz CT molecular complexity index is 1150. The zero-order chi connectivity index (χ0) is 22.4. The van der Waals surface area contributed by atoms with E-state index in [2.05, 4.69) is 66.1 Å². The Labute approximate surface area is 202 Å². The van der Waals surface area contributed by atoms with E-state index in [0.29, 0.717) is 23.8 Å². The van der Waals surface area contributed by atoms with Gasteiger partial charge in [0, 0.05) is 54.2 Å². The van der Waals surface area contributed by atoms with Crippen LogP contribution in [0.5, 0.6) is 0 Å². The van der Waals surface area contributed by atoms with Crippen LogP contribution < -0.4 is 9.80 Å². The van der Waals surface area contributed by atoms with E-state index in [1.165, 1.54) is 31.4 Å². The van der Waals surface area contributed by atoms with E-state index in [-0.39, 0.29) is 6.10 Å². The lowest BCUT2D eigenvalue weighted by molar-refractivity contribution is 0.0526. The van der Waals surface area contributed by atoms with Crippen molar-refractivity contribution in [1.29, 1.82) is 0 Å². The predicted molar refractivity (Wildman–Crippen MR) is 131 cm³/mol. The number of benzene rings is 1. The third kappa shape index (κ3) is 4.24. The summed E-state index contributed by atoms with van der Waals surface area (Å²) < 4.78 is 8.47. The number of piperidine rings is 1. The maximum atomic E-state index is 5.65. The first-order chi connectivity index (χ1) is 16.1. The predicted octanol–water partition coefficient (Wildman–Crippen LogP) is 4.09. The van der Waals surface area contributed by atoms with Crippen molar-refractivity contribution >= 4 is 27.6 Å². The summed E-state index contributed by atoms with van der Waals surface area (Å²) in [6, 6.07) is 8.29. The lowest BCUT2D eigenvalue weighted by Crippen LogP contribution is -2.42. The molecule has 33 heavy (non-hydrogen) atoms. The zero-order valence-corrected chi connectivity index (χ0v) is 20.4. The molecule has 0 unspecified atom stereocenters. The van der Waals surface area contributed by atoms with E-state index in [1.807, 2.05) is 12.3 Å². The molecule has 3 fully saturated rings. The maximum Gasteiger partial charge on any atom is 0.227 e. The summed E-state index contributed by atoms with van der Waals surface area (Å²) in [7, 11) is 0. The number of nitrogens with zero attached hydrogens (tertiary/aromatic N) is 7. The van der Waals surface area contributed by atoms with E-state index < -0.39 is 0 Å². The second-order valence-electron chi connectivity index (χ2n) is 9.54. The first-order valence-electron chi connectivity index (χ1n) is 11.8. The largest absolute Gasteiger partial charge is 0.375 e. The highest BCUT2D eigenvalue weighted by Gasteiger charge is 2.44. The quantitative estimate of drug-likeness (QED) is 0.524. The molecule has 1 atom stereocenters. The average molecular weight is 510 g/mol. The van der Waals surface area contributed by atoms with E-state index in [1.54, 1.807) is 10.9 Å². The Balaban J connectivity index is 1.27. The molecule has 1 saturated carbocycles. The van der Waals surface area contributed by atoms with Crippen LogP contribution in [-0.2, 0) is 4.74 Å². The fourth-order valence-corrected chi connectivity index (χ4v) is 5.35. The molecule has 3 aliphatic rings. The highest BCUT2D eigenvalue weighted by atomic mass is 79.9. The lowest BCUT2D eigenvalue weighted by atomic mass is 9.93. The minimum Gasteiger partial charge on any atom is -0.375 e. The normalized spacial score (nSPS) is 22.1. The monoisotopic (exact) mass is 509 g/mol. The van der Waals surface area contributed by atoms with Crippen molar-refractivity contribution in [3.8, 4) is 17.1 Å². The number of rotatable bonds is 4. The third-order valence-electron chi connectivity index (χ3n) is 7.24. The van der Waals surface area contributed by atoms with Gasteiger partial charge < -0.3 is 14.5 Å². The van der Waals surface area contributed by atoms with Gasteiger partial charge in [-0.1, -0.05) is 21.1 Å². The van der Waals surface area contributed by atoms with E-state index >= 15 is 0 Å². The Kier molecular flexibility index (Phi) is 5.33. The SMILES string of the molecule is C[C@@H]1CN(c2nccc(-n3cc(-c4ccc(Br)cc4N4CCC5(CC4)CC5)nn3)n2)CCO1. The molecule has 0 amide bonds. The molecule has 2 saturated heterocycles. The van der Waals surface area contributed by atoms with Crippen LogP contribution >= 0.6 is 15.9 Å². The summed E-state index contributed by atoms with van der Waals surface area (Å²) in [5, 5.41) is 8.93. The summed E-state index contributed by atoms with van der Waals surface area (Å²) in [5.74, 6) is 1.41. The van der Waals surface area contributed by atoms with Crippen LogP contribution in [0, 0.1) is 5.41 Å². The van der Waals surface area contributed by atoms with Gasteiger partial charge in [-0.25, -0.2) is 9.67 Å². The lowest BCUT2D eigenvalue weighted by Gasteiger charge is -2.35. The molecular formula is C24H28BrN7O. The number of halogens is 1. The summed E-state index contributed by atoms with van der Waals surface area (Å²) >= 11 is 3.66. The van der Waals surface area contributed by atoms with Crippen LogP contribution in [0.4, 0.5) is 11.6 Å². The first kappa shape index (κ1) is 21.0. The van der Waals surface area contributed by atoms with Crippen LogP contribution in [0.15, 0.2) is 41.1 Å². The fourth-order valence-electron chi connectivity index (χ4n) is 5.00. The second kappa shape index (κ2) is 8.36. The molecule has 8 nitrogen and oxygen atoms in total. The molecule has 0 bridgehead atoms. The Morgan fingerprint density at radius 1 is 1.06 bits per heavy atom. The minimum atomic E-state index is 0.171. The van der Waals surface area contributed by atoms with Crippen LogP contribution in [0.2, 0.25) is 0 Å². The highest BCUT2D eigenvalue weighted by molar-refractivity contribution is 9.10. The van der Waals surface area contributed by atoms with Crippen LogP contribution in [-0.4, -0.2) is 63.9 Å². The van der Waals surface area contributed by atoms with Gasteiger partial charge >= 0.3 is 0 Å².